The molecule has 0 saturated carbocycles. The maximum Gasteiger partial charge on any atom is 0.409 e. The lowest BCUT2D eigenvalue weighted by molar-refractivity contribution is -0.150. The Morgan fingerprint density at radius 2 is 1.91 bits per heavy atom. The zero-order valence-corrected chi connectivity index (χ0v) is 11.7. The quantitative estimate of drug-likeness (QED) is 0.775. The summed E-state index contributed by atoms with van der Waals surface area (Å²) in [5.41, 5.74) is -1.23. The Kier molecular flexibility index (Phi) is 4.50. The number of alkyl carbamates (subject to hydrolysis) is 1. The molecule has 1 aromatic rings. The van der Waals surface area contributed by atoms with E-state index >= 15 is 0 Å². The van der Waals surface area contributed by atoms with Crippen molar-refractivity contribution in [1.82, 2.24) is 10.2 Å². The summed E-state index contributed by atoms with van der Waals surface area (Å²) in [6, 6.07) is 8.86. The monoisotopic (exact) mass is 308 g/mol. The first-order chi connectivity index (χ1) is 10.5. The number of nitrogens with one attached hydrogen (secondary N) is 1. The van der Waals surface area contributed by atoms with Gasteiger partial charge in [0.2, 0.25) is 5.66 Å². The van der Waals surface area contributed by atoms with Gasteiger partial charge in [0.1, 0.15) is 6.61 Å². The van der Waals surface area contributed by atoms with Gasteiger partial charge in [0.05, 0.1) is 0 Å². The molecule has 1 aliphatic rings. The summed E-state index contributed by atoms with van der Waals surface area (Å²) in [5, 5.41) is 20.6. The fraction of sp³-hybridized carbons (Fsp3) is 0.357. The van der Waals surface area contributed by atoms with Gasteiger partial charge in [-0.15, -0.1) is 0 Å². The summed E-state index contributed by atoms with van der Waals surface area (Å²) in [6.45, 7) is 0.00996. The highest BCUT2D eigenvalue weighted by Gasteiger charge is 2.52. The SMILES string of the molecule is O=C(NC1(C(=O)O)CCCN1C(=O)O)OCc1ccccc1. The molecule has 8 nitrogen and oxygen atoms in total. The zero-order chi connectivity index (χ0) is 16.2. The molecule has 1 aliphatic heterocycles. The molecule has 2 amide bonds. The lowest BCUT2D eigenvalue weighted by atomic mass is 10.1. The lowest BCUT2D eigenvalue weighted by Crippen LogP contribution is -2.63. The minimum Gasteiger partial charge on any atom is -0.478 e. The third kappa shape index (κ3) is 3.11. The highest BCUT2D eigenvalue weighted by atomic mass is 16.5. The average molecular weight is 308 g/mol. The number of likely N-dealkylation sites (tertiary alicyclic amines) is 1. The number of rotatable bonds is 4. The molecule has 0 aliphatic carbocycles. The first-order valence-electron chi connectivity index (χ1n) is 6.68. The van der Waals surface area contributed by atoms with E-state index in [2.05, 4.69) is 5.32 Å². The Hall–Kier alpha value is -2.77. The summed E-state index contributed by atoms with van der Waals surface area (Å²) >= 11 is 0. The van der Waals surface area contributed by atoms with Crippen molar-refractivity contribution in [2.24, 2.45) is 0 Å². The molecule has 8 heteroatoms. The van der Waals surface area contributed by atoms with Gasteiger partial charge in [0.15, 0.2) is 0 Å². The van der Waals surface area contributed by atoms with Crippen LogP contribution in [-0.4, -0.2) is 45.5 Å². The van der Waals surface area contributed by atoms with Gasteiger partial charge < -0.3 is 14.9 Å². The number of ether oxygens (including phenoxy) is 1. The van der Waals surface area contributed by atoms with Gasteiger partial charge in [0, 0.05) is 13.0 Å². The van der Waals surface area contributed by atoms with Crippen LogP contribution in [0.1, 0.15) is 18.4 Å². The molecule has 1 atom stereocenters. The van der Waals surface area contributed by atoms with E-state index in [1.165, 1.54) is 0 Å². The average Bonchev–Trinajstić information content (AvgIpc) is 2.91. The van der Waals surface area contributed by atoms with Crippen LogP contribution >= 0.6 is 0 Å². The number of aliphatic carboxylic acids is 1. The van der Waals surface area contributed by atoms with Crippen molar-refractivity contribution in [3.05, 3.63) is 35.9 Å². The van der Waals surface area contributed by atoms with E-state index in [4.69, 9.17) is 9.84 Å². The Bertz CT molecular complexity index is 576. The Morgan fingerprint density at radius 3 is 2.50 bits per heavy atom. The van der Waals surface area contributed by atoms with E-state index in [9.17, 15) is 19.5 Å². The van der Waals surface area contributed by atoms with Crippen LogP contribution in [0.15, 0.2) is 30.3 Å². The van der Waals surface area contributed by atoms with Crippen LogP contribution in [0.3, 0.4) is 0 Å². The van der Waals surface area contributed by atoms with Crippen molar-refractivity contribution in [2.75, 3.05) is 6.54 Å². The summed E-state index contributed by atoms with van der Waals surface area (Å²) in [4.78, 5) is 35.2. The van der Waals surface area contributed by atoms with E-state index in [0.717, 1.165) is 5.56 Å². The Balaban J connectivity index is 2.03. The van der Waals surface area contributed by atoms with Gasteiger partial charge in [-0.25, -0.2) is 14.4 Å². The molecule has 1 aromatic carbocycles. The first kappa shape index (κ1) is 15.6. The molecule has 1 unspecified atom stereocenters. The second-order valence-corrected chi connectivity index (χ2v) is 4.89. The Labute approximate surface area is 126 Å². The minimum absolute atomic E-state index is 0.00489. The van der Waals surface area contributed by atoms with Crippen molar-refractivity contribution in [2.45, 2.75) is 25.1 Å². The summed E-state index contributed by atoms with van der Waals surface area (Å²) < 4.78 is 4.96. The fourth-order valence-electron chi connectivity index (χ4n) is 2.41. The number of carboxylic acids is 1. The van der Waals surface area contributed by atoms with Crippen molar-refractivity contribution >= 4 is 18.2 Å². The number of carbonyl (C=O) groups is 3. The third-order valence-corrected chi connectivity index (χ3v) is 3.49. The maximum absolute atomic E-state index is 11.8. The molecular formula is C14H16N2O6. The highest BCUT2D eigenvalue weighted by molar-refractivity contribution is 5.88. The molecule has 0 radical (unpaired) electrons. The molecule has 1 heterocycles. The van der Waals surface area contributed by atoms with E-state index in [1.807, 2.05) is 6.07 Å². The molecule has 1 saturated heterocycles. The predicted molar refractivity (Wildman–Crippen MR) is 74.1 cm³/mol. The fourth-order valence-corrected chi connectivity index (χ4v) is 2.41. The van der Waals surface area contributed by atoms with Crippen LogP contribution in [0.5, 0.6) is 0 Å². The standard InChI is InChI=1S/C14H16N2O6/c17-11(18)14(7-4-8-16(14)13(20)21)15-12(19)22-9-10-5-2-1-3-6-10/h1-3,5-6H,4,7-9H2,(H,15,19)(H,17,18)(H,20,21). The van der Waals surface area contributed by atoms with Gasteiger partial charge in [0.25, 0.3) is 0 Å². The van der Waals surface area contributed by atoms with Crippen LogP contribution < -0.4 is 5.32 Å². The van der Waals surface area contributed by atoms with Crippen LogP contribution in [0.4, 0.5) is 9.59 Å². The number of carbonyl (C=O) groups excluding carboxylic acids is 1. The number of benzene rings is 1. The number of hydrogen-bond donors (Lipinski definition) is 3. The molecule has 1 fully saturated rings. The third-order valence-electron chi connectivity index (χ3n) is 3.49. The second kappa shape index (κ2) is 6.33. The minimum atomic E-state index is -1.97. The smallest absolute Gasteiger partial charge is 0.409 e. The zero-order valence-electron chi connectivity index (χ0n) is 11.7. The molecule has 118 valence electrons. The normalized spacial score (nSPS) is 20.5. The van der Waals surface area contributed by atoms with E-state index in [1.54, 1.807) is 24.3 Å². The number of hydrogen-bond acceptors (Lipinski definition) is 4. The molecule has 22 heavy (non-hydrogen) atoms. The second-order valence-electron chi connectivity index (χ2n) is 4.89. The van der Waals surface area contributed by atoms with Crippen molar-refractivity contribution in [3.63, 3.8) is 0 Å². The number of carboxylic acid groups (broad SMARTS) is 2. The molecule has 0 bridgehead atoms. The van der Waals surface area contributed by atoms with Gasteiger partial charge in [-0.3, -0.25) is 10.2 Å². The maximum atomic E-state index is 11.8. The van der Waals surface area contributed by atoms with Crippen LogP contribution in [0.2, 0.25) is 0 Å². The Morgan fingerprint density at radius 1 is 1.23 bits per heavy atom. The van der Waals surface area contributed by atoms with E-state index in [-0.39, 0.29) is 19.6 Å². The molecule has 3 N–H and O–H groups in total. The topological polar surface area (TPSA) is 116 Å². The van der Waals surface area contributed by atoms with Gasteiger partial charge in [-0.2, -0.15) is 0 Å². The van der Waals surface area contributed by atoms with Gasteiger partial charge in [-0.1, -0.05) is 30.3 Å². The van der Waals surface area contributed by atoms with E-state index in [0.29, 0.717) is 11.3 Å². The number of nitrogens with zero attached hydrogens (tertiary/aromatic N) is 1. The first-order valence-corrected chi connectivity index (χ1v) is 6.68. The molecule has 0 aromatic heterocycles. The van der Waals surface area contributed by atoms with E-state index < -0.39 is 23.8 Å². The molecule has 2 rings (SSSR count). The summed E-state index contributed by atoms with van der Waals surface area (Å²) in [7, 11) is 0. The molecule has 0 spiro atoms. The van der Waals surface area contributed by atoms with Gasteiger partial charge in [-0.05, 0) is 12.0 Å². The van der Waals surface area contributed by atoms with Crippen molar-refractivity contribution in [3.8, 4) is 0 Å². The highest BCUT2D eigenvalue weighted by Crippen LogP contribution is 2.27. The molecular weight excluding hydrogens is 292 g/mol. The van der Waals surface area contributed by atoms with Crippen LogP contribution in [0.25, 0.3) is 0 Å². The predicted octanol–water partition coefficient (Wildman–Crippen LogP) is 1.47. The number of amides is 2. The van der Waals surface area contributed by atoms with Crippen molar-refractivity contribution in [1.29, 1.82) is 0 Å². The van der Waals surface area contributed by atoms with Gasteiger partial charge >= 0.3 is 18.2 Å². The largest absolute Gasteiger partial charge is 0.478 e. The summed E-state index contributed by atoms with van der Waals surface area (Å²) in [5.74, 6) is -1.43. The van der Waals surface area contributed by atoms with Crippen LogP contribution in [-0.2, 0) is 16.1 Å². The lowest BCUT2D eigenvalue weighted by Gasteiger charge is -2.32. The van der Waals surface area contributed by atoms with Crippen molar-refractivity contribution < 1.29 is 29.3 Å². The van der Waals surface area contributed by atoms with Crippen LogP contribution in [0, 0.1) is 0 Å². The summed E-state index contributed by atoms with van der Waals surface area (Å²) in [6.07, 6.45) is -2.03.